The molecule has 0 spiro atoms. The van der Waals surface area contributed by atoms with Crippen molar-refractivity contribution in [2.45, 2.75) is 0 Å². The second-order valence-electron chi connectivity index (χ2n) is 2.28. The van der Waals surface area contributed by atoms with Crippen LogP contribution in [0.2, 0.25) is 0 Å². The van der Waals surface area contributed by atoms with Crippen molar-refractivity contribution >= 4 is 27.0 Å². The quantitative estimate of drug-likeness (QED) is 0.520. The third-order valence-electron chi connectivity index (χ3n) is 0.907. The molecule has 3 radical (unpaired) electrons. The van der Waals surface area contributed by atoms with Gasteiger partial charge in [0, 0.05) is 14.8 Å². The molecule has 0 fully saturated rings. The summed E-state index contributed by atoms with van der Waals surface area (Å²) >= 11 is 0. The molecule has 0 aromatic heterocycles. The van der Waals surface area contributed by atoms with E-state index in [4.69, 9.17) is 18.0 Å². The average Bonchev–Trinajstić information content (AvgIpc) is 2.03. The molecule has 0 aromatic rings. The largest absolute Gasteiger partial charge is 0.480 e. The average molecular weight is 200 g/mol. The van der Waals surface area contributed by atoms with Crippen LogP contribution >= 0.6 is 0 Å². The van der Waals surface area contributed by atoms with Gasteiger partial charge in [0.1, 0.15) is 13.9 Å². The number of hydrogen-bond donors (Lipinski definition) is 2. The van der Waals surface area contributed by atoms with E-state index in [1.807, 2.05) is 0 Å². The summed E-state index contributed by atoms with van der Waals surface area (Å²) in [6.07, 6.45) is 0. The molecule has 2 N–H and O–H groups in total. The van der Waals surface area contributed by atoms with E-state index < -0.39 is 11.9 Å². The summed E-state index contributed by atoms with van der Waals surface area (Å²) in [5, 5.41) is 15.9. The molecule has 6 nitrogen and oxygen atoms in total. The van der Waals surface area contributed by atoms with Gasteiger partial charge in [0.2, 0.25) is 0 Å². The van der Waals surface area contributed by atoms with Crippen LogP contribution in [0.4, 0.5) is 0 Å². The van der Waals surface area contributed by atoms with Crippen molar-refractivity contribution in [2.24, 2.45) is 0 Å². The first kappa shape index (κ1) is 15.5. The summed E-state index contributed by atoms with van der Waals surface area (Å²) in [7, 11) is 9.11. The zero-order chi connectivity index (χ0) is 11.6. The van der Waals surface area contributed by atoms with Gasteiger partial charge < -0.3 is 19.8 Å². The Morgan fingerprint density at radius 3 is 2.00 bits per heavy atom. The molecular formula is C6H12B2NO5. The molecule has 14 heavy (non-hydrogen) atoms. The van der Waals surface area contributed by atoms with E-state index in [-0.39, 0.29) is 13.2 Å². The van der Waals surface area contributed by atoms with Crippen molar-refractivity contribution < 1.29 is 24.5 Å². The van der Waals surface area contributed by atoms with E-state index in [0.717, 1.165) is 0 Å². The van der Waals surface area contributed by atoms with Gasteiger partial charge in [-0.15, -0.1) is 0 Å². The fourth-order valence-corrected chi connectivity index (χ4v) is 0.390. The van der Waals surface area contributed by atoms with Crippen LogP contribution in [0, 0.1) is 0 Å². The van der Waals surface area contributed by atoms with Gasteiger partial charge >= 0.3 is 11.9 Å². The predicted molar refractivity (Wildman–Crippen MR) is 51.3 cm³/mol. The topological polar surface area (TPSA) is 87.1 Å². The third-order valence-corrected chi connectivity index (χ3v) is 0.907. The molecule has 0 unspecified atom stereocenters. The number of carbonyl (C=O) groups is 2. The maximum Gasteiger partial charge on any atom is 0.329 e. The molecular weight excluding hydrogens is 188 g/mol. The molecule has 0 aromatic carbocycles. The molecule has 0 saturated heterocycles. The summed E-state index contributed by atoms with van der Waals surface area (Å²) in [5.74, 6) is -1.81. The highest BCUT2D eigenvalue weighted by atomic mass is 16.5. The minimum atomic E-state index is -0.933. The second kappa shape index (κ2) is 10.1. The predicted octanol–water partition coefficient (Wildman–Crippen LogP) is -1.58. The van der Waals surface area contributed by atoms with Crippen LogP contribution in [-0.4, -0.2) is 69.3 Å². The van der Waals surface area contributed by atoms with E-state index in [0.29, 0.717) is 0 Å². The Hall–Kier alpha value is -1.01. The van der Waals surface area contributed by atoms with Crippen LogP contribution in [0.25, 0.3) is 0 Å². The first-order valence-electron chi connectivity index (χ1n) is 3.61. The Labute approximate surface area is 84.5 Å². The maximum atomic E-state index is 9.85. The monoisotopic (exact) mass is 200 g/mol. The third kappa shape index (κ3) is 17.2. The van der Waals surface area contributed by atoms with Crippen LogP contribution < -0.4 is 0 Å². The summed E-state index contributed by atoms with van der Waals surface area (Å²) in [6, 6.07) is 0. The summed E-state index contributed by atoms with van der Waals surface area (Å²) in [4.78, 5) is 20.7. The minimum Gasteiger partial charge on any atom is -0.480 e. The molecule has 0 saturated carbocycles. The number of ether oxygens (including phenoxy) is 1. The van der Waals surface area contributed by atoms with E-state index in [2.05, 4.69) is 4.74 Å². The molecule has 0 rings (SSSR count). The number of carboxylic acids is 2. The molecule has 0 atom stereocenters. The highest BCUT2D eigenvalue weighted by molar-refractivity contribution is 6.87. The summed E-state index contributed by atoms with van der Waals surface area (Å²) < 4.78 is 4.20. The van der Waals surface area contributed by atoms with Gasteiger partial charge in [-0.25, -0.2) is 4.79 Å². The fourth-order valence-electron chi connectivity index (χ4n) is 0.390. The highest BCUT2D eigenvalue weighted by Crippen LogP contribution is 1.72. The lowest BCUT2D eigenvalue weighted by Gasteiger charge is -2.08. The smallest absolute Gasteiger partial charge is 0.329 e. The van der Waals surface area contributed by atoms with Crippen molar-refractivity contribution in [3.8, 4) is 0 Å². The maximum absolute atomic E-state index is 9.85. The Balaban J connectivity index is 0. The van der Waals surface area contributed by atoms with Crippen LogP contribution in [0.3, 0.4) is 0 Å². The first-order chi connectivity index (χ1) is 6.43. The molecule has 0 bridgehead atoms. The van der Waals surface area contributed by atoms with Crippen molar-refractivity contribution in [2.75, 3.05) is 27.3 Å². The molecule has 77 valence electrons. The number of carboxylic acid groups (broad SMARTS) is 2. The van der Waals surface area contributed by atoms with Crippen LogP contribution in [0.5, 0.6) is 0 Å². The van der Waals surface area contributed by atoms with E-state index in [1.165, 1.54) is 19.2 Å². The van der Waals surface area contributed by atoms with Crippen molar-refractivity contribution in [3.05, 3.63) is 0 Å². The van der Waals surface area contributed by atoms with Gasteiger partial charge in [-0.3, -0.25) is 4.79 Å². The molecule has 0 aliphatic heterocycles. The molecule has 0 aliphatic carbocycles. The van der Waals surface area contributed by atoms with Crippen molar-refractivity contribution in [3.63, 3.8) is 0 Å². The Kier molecular flexibility index (Phi) is 11.1. The van der Waals surface area contributed by atoms with E-state index in [1.54, 1.807) is 7.05 Å². The van der Waals surface area contributed by atoms with Crippen LogP contribution in [-0.2, 0) is 14.3 Å². The number of likely N-dealkylation sites (N-methyl/N-ethyl adjacent to an activating group) is 1. The number of methoxy groups -OCH3 is 1. The van der Waals surface area contributed by atoms with Gasteiger partial charge in [0.05, 0.1) is 6.54 Å². The Bertz CT molecular complexity index is 178. The summed E-state index contributed by atoms with van der Waals surface area (Å²) in [5.41, 5.74) is 0. The zero-order valence-electron chi connectivity index (χ0n) is 8.14. The van der Waals surface area contributed by atoms with Gasteiger partial charge in [0.25, 0.3) is 0 Å². The van der Waals surface area contributed by atoms with E-state index in [9.17, 15) is 9.59 Å². The van der Waals surface area contributed by atoms with Crippen molar-refractivity contribution in [1.82, 2.24) is 4.81 Å². The number of nitrogens with zero attached hydrogens (tertiary/aromatic N) is 1. The number of aliphatic carboxylic acids is 2. The molecule has 0 amide bonds. The minimum absolute atomic E-state index is 0.0451. The van der Waals surface area contributed by atoms with Crippen LogP contribution in [0.15, 0.2) is 0 Å². The fraction of sp³-hybridized carbons (Fsp3) is 0.667. The van der Waals surface area contributed by atoms with Gasteiger partial charge in [-0.05, 0) is 7.05 Å². The lowest BCUT2D eigenvalue weighted by molar-refractivity contribution is -0.141. The van der Waals surface area contributed by atoms with Crippen LogP contribution in [0.1, 0.15) is 0 Å². The Morgan fingerprint density at radius 2 is 1.93 bits per heavy atom. The Morgan fingerprint density at radius 1 is 1.43 bits per heavy atom. The van der Waals surface area contributed by atoms with Gasteiger partial charge in [0.15, 0.2) is 0 Å². The normalized spacial score (nSPS) is 8.79. The van der Waals surface area contributed by atoms with E-state index >= 15 is 0 Å². The number of hydrogen-bond acceptors (Lipinski definition) is 4. The van der Waals surface area contributed by atoms with Gasteiger partial charge in [-0.2, -0.15) is 0 Å². The zero-order valence-corrected chi connectivity index (χ0v) is 8.14. The highest BCUT2D eigenvalue weighted by Gasteiger charge is 1.99. The SMILES string of the molecule is COCC(=O)O.[B][B]N(C)CC(=O)O. The van der Waals surface area contributed by atoms with Gasteiger partial charge in [-0.1, -0.05) is 0 Å². The lowest BCUT2D eigenvalue weighted by Crippen LogP contribution is -2.29. The second-order valence-corrected chi connectivity index (χ2v) is 2.28. The first-order valence-corrected chi connectivity index (χ1v) is 3.61. The summed E-state index contributed by atoms with van der Waals surface area (Å²) in [6.45, 7) is -0.253. The molecule has 8 heteroatoms. The molecule has 0 heterocycles. The standard InChI is InChI=1S/C3H6B2NO2.C3H6O3/c1-6(5-4)2-3(7)8;1-6-2-3(4)5/h2H2,1H3,(H,7,8);2H2,1H3,(H,4,5). The lowest BCUT2D eigenvalue weighted by atomic mass is 9.65. The van der Waals surface area contributed by atoms with Crippen molar-refractivity contribution in [1.29, 1.82) is 0 Å². The number of rotatable bonds is 5. The molecule has 0 aliphatic rings.